The van der Waals surface area contributed by atoms with E-state index in [1.165, 1.54) is 12.1 Å². The highest BCUT2D eigenvalue weighted by Gasteiger charge is 2.31. The molecule has 31 heavy (non-hydrogen) atoms. The molecule has 0 bridgehead atoms. The zero-order valence-corrected chi connectivity index (χ0v) is 19.1. The van der Waals surface area contributed by atoms with Gasteiger partial charge in [0.25, 0.3) is 0 Å². The second-order valence-corrected chi connectivity index (χ2v) is 8.75. The maximum atomic E-state index is 13.3. The summed E-state index contributed by atoms with van der Waals surface area (Å²) < 4.78 is 13.3. The van der Waals surface area contributed by atoms with E-state index in [0.717, 1.165) is 25.7 Å². The molecule has 0 heterocycles. The summed E-state index contributed by atoms with van der Waals surface area (Å²) in [6, 6.07) is 10.5. The monoisotopic (exact) mass is 464 g/mol. The van der Waals surface area contributed by atoms with Gasteiger partial charge in [0.1, 0.15) is 11.9 Å². The van der Waals surface area contributed by atoms with Gasteiger partial charge in [0.05, 0.1) is 6.42 Å². The first-order valence-electron chi connectivity index (χ1n) is 10.7. The second-order valence-electron chi connectivity index (χ2n) is 7.94. The summed E-state index contributed by atoms with van der Waals surface area (Å²) in [5, 5.41) is 3.99. The third-order valence-electron chi connectivity index (χ3n) is 5.75. The number of halogens is 3. The van der Waals surface area contributed by atoms with Crippen molar-refractivity contribution in [2.24, 2.45) is 0 Å². The maximum absolute atomic E-state index is 13.3. The SMILES string of the molecule is CC[C@@H](C(=O)NC1CCCC1)N(Cc1c(Cl)cccc1Cl)C(=O)Cc1ccc(F)cc1. The van der Waals surface area contributed by atoms with Crippen molar-refractivity contribution in [2.45, 2.75) is 64.1 Å². The molecule has 1 aliphatic rings. The molecule has 2 aromatic rings. The molecule has 4 nitrogen and oxygen atoms in total. The van der Waals surface area contributed by atoms with Crippen molar-refractivity contribution in [1.82, 2.24) is 10.2 Å². The maximum Gasteiger partial charge on any atom is 0.243 e. The number of benzene rings is 2. The summed E-state index contributed by atoms with van der Waals surface area (Å²) in [5.74, 6) is -0.765. The number of hydrogen-bond donors (Lipinski definition) is 1. The fraction of sp³-hybridized carbons (Fsp3) is 0.417. The highest BCUT2D eigenvalue weighted by Crippen LogP contribution is 2.27. The number of carbonyl (C=O) groups is 2. The molecular formula is C24H27Cl2FN2O2. The molecule has 3 rings (SSSR count). The van der Waals surface area contributed by atoms with Crippen LogP contribution in [0.1, 0.15) is 50.2 Å². The van der Waals surface area contributed by atoms with Crippen LogP contribution in [0.15, 0.2) is 42.5 Å². The standard InChI is InChI=1S/C24H27Cl2FN2O2/c1-2-22(24(31)28-18-6-3-4-7-18)29(15-19-20(25)8-5-9-21(19)26)23(30)14-16-10-12-17(27)13-11-16/h5,8-13,18,22H,2-4,6-7,14-15H2,1H3,(H,28,31)/t22-/m0/s1. The van der Waals surface area contributed by atoms with Gasteiger partial charge in [-0.3, -0.25) is 9.59 Å². The Labute approximate surface area is 192 Å². The van der Waals surface area contributed by atoms with Crippen molar-refractivity contribution in [1.29, 1.82) is 0 Å². The first-order valence-corrected chi connectivity index (χ1v) is 11.4. The van der Waals surface area contributed by atoms with Gasteiger partial charge < -0.3 is 10.2 Å². The molecule has 1 saturated carbocycles. The van der Waals surface area contributed by atoms with Gasteiger partial charge in [0.2, 0.25) is 11.8 Å². The minimum atomic E-state index is -0.652. The van der Waals surface area contributed by atoms with Gasteiger partial charge in [-0.2, -0.15) is 0 Å². The largest absolute Gasteiger partial charge is 0.352 e. The average Bonchev–Trinajstić information content (AvgIpc) is 3.24. The Morgan fingerprint density at radius 3 is 2.29 bits per heavy atom. The van der Waals surface area contributed by atoms with E-state index in [1.807, 2.05) is 6.92 Å². The molecule has 1 N–H and O–H groups in total. The molecule has 0 aromatic heterocycles. The van der Waals surface area contributed by atoms with E-state index < -0.39 is 6.04 Å². The lowest BCUT2D eigenvalue weighted by Gasteiger charge is -2.32. The van der Waals surface area contributed by atoms with Crippen molar-refractivity contribution >= 4 is 35.0 Å². The van der Waals surface area contributed by atoms with E-state index in [-0.39, 0.29) is 36.6 Å². The molecule has 0 aliphatic heterocycles. The van der Waals surface area contributed by atoms with Crippen LogP contribution in [0, 0.1) is 5.82 Å². The molecule has 0 unspecified atom stereocenters. The van der Waals surface area contributed by atoms with Gasteiger partial charge in [-0.05, 0) is 49.1 Å². The van der Waals surface area contributed by atoms with Gasteiger partial charge in [0.15, 0.2) is 0 Å². The van der Waals surface area contributed by atoms with Gasteiger partial charge >= 0.3 is 0 Å². The smallest absolute Gasteiger partial charge is 0.243 e. The van der Waals surface area contributed by atoms with Crippen LogP contribution in [0.25, 0.3) is 0 Å². The van der Waals surface area contributed by atoms with Crippen molar-refractivity contribution in [2.75, 3.05) is 0 Å². The number of amides is 2. The summed E-state index contributed by atoms with van der Waals surface area (Å²) in [6.07, 6.45) is 4.63. The van der Waals surface area contributed by atoms with E-state index >= 15 is 0 Å². The van der Waals surface area contributed by atoms with Gasteiger partial charge in [-0.15, -0.1) is 0 Å². The molecule has 166 valence electrons. The van der Waals surface area contributed by atoms with Crippen LogP contribution in [-0.4, -0.2) is 28.8 Å². The number of carbonyl (C=O) groups excluding carboxylic acids is 2. The summed E-state index contributed by atoms with van der Waals surface area (Å²) >= 11 is 12.7. The first-order chi connectivity index (χ1) is 14.9. The van der Waals surface area contributed by atoms with Crippen LogP contribution in [0.5, 0.6) is 0 Å². The van der Waals surface area contributed by atoms with E-state index in [4.69, 9.17) is 23.2 Å². The number of nitrogens with one attached hydrogen (secondary N) is 1. The summed E-state index contributed by atoms with van der Waals surface area (Å²) in [7, 11) is 0. The molecule has 1 atom stereocenters. The highest BCUT2D eigenvalue weighted by molar-refractivity contribution is 6.36. The van der Waals surface area contributed by atoms with Gasteiger partial charge in [0, 0.05) is 28.2 Å². The van der Waals surface area contributed by atoms with E-state index in [2.05, 4.69) is 5.32 Å². The Bertz CT molecular complexity index is 894. The van der Waals surface area contributed by atoms with Crippen molar-refractivity contribution < 1.29 is 14.0 Å². The minimum absolute atomic E-state index is 0.0512. The van der Waals surface area contributed by atoms with Crippen LogP contribution in [0.2, 0.25) is 10.0 Å². The molecule has 2 aromatic carbocycles. The predicted molar refractivity (Wildman–Crippen MR) is 122 cm³/mol. The Morgan fingerprint density at radius 2 is 1.71 bits per heavy atom. The van der Waals surface area contributed by atoms with Gasteiger partial charge in [-0.1, -0.05) is 61.2 Å². The van der Waals surface area contributed by atoms with Crippen LogP contribution < -0.4 is 5.32 Å². The zero-order chi connectivity index (χ0) is 22.4. The molecule has 0 spiro atoms. The van der Waals surface area contributed by atoms with E-state index in [0.29, 0.717) is 27.6 Å². The number of hydrogen-bond acceptors (Lipinski definition) is 2. The van der Waals surface area contributed by atoms with Crippen LogP contribution >= 0.6 is 23.2 Å². The first kappa shape index (κ1) is 23.6. The normalized spacial score (nSPS) is 15.0. The lowest BCUT2D eigenvalue weighted by Crippen LogP contribution is -2.51. The Kier molecular flexibility index (Phi) is 8.33. The van der Waals surface area contributed by atoms with Crippen LogP contribution in [0.4, 0.5) is 4.39 Å². The highest BCUT2D eigenvalue weighted by atomic mass is 35.5. The lowest BCUT2D eigenvalue weighted by atomic mass is 10.1. The molecular weight excluding hydrogens is 438 g/mol. The van der Waals surface area contributed by atoms with Crippen LogP contribution in [0.3, 0.4) is 0 Å². The molecule has 1 fully saturated rings. The quantitative estimate of drug-likeness (QED) is 0.557. The summed E-state index contributed by atoms with van der Waals surface area (Å²) in [6.45, 7) is 2.00. The fourth-order valence-corrected chi connectivity index (χ4v) is 4.54. The predicted octanol–water partition coefficient (Wildman–Crippen LogP) is 5.54. The third kappa shape index (κ3) is 6.20. The molecule has 7 heteroatoms. The Morgan fingerprint density at radius 1 is 1.10 bits per heavy atom. The summed E-state index contributed by atoms with van der Waals surface area (Å²) in [4.78, 5) is 28.0. The Hall–Kier alpha value is -2.11. The fourth-order valence-electron chi connectivity index (χ4n) is 4.02. The topological polar surface area (TPSA) is 49.4 Å². The lowest BCUT2D eigenvalue weighted by molar-refractivity contribution is -0.141. The van der Waals surface area contributed by atoms with Crippen molar-refractivity contribution in [3.05, 3.63) is 69.5 Å². The third-order valence-corrected chi connectivity index (χ3v) is 6.45. The molecule has 0 radical (unpaired) electrons. The van der Waals surface area contributed by atoms with E-state index in [9.17, 15) is 14.0 Å². The zero-order valence-electron chi connectivity index (χ0n) is 17.5. The Balaban J connectivity index is 1.86. The average molecular weight is 465 g/mol. The van der Waals surface area contributed by atoms with Crippen molar-refractivity contribution in [3.8, 4) is 0 Å². The minimum Gasteiger partial charge on any atom is -0.352 e. The van der Waals surface area contributed by atoms with Crippen molar-refractivity contribution in [3.63, 3.8) is 0 Å². The number of rotatable bonds is 8. The molecule has 0 saturated heterocycles. The number of nitrogens with zero attached hydrogens (tertiary/aromatic N) is 1. The van der Waals surface area contributed by atoms with E-state index in [1.54, 1.807) is 35.2 Å². The second kappa shape index (κ2) is 11.0. The molecule has 1 aliphatic carbocycles. The summed E-state index contributed by atoms with van der Waals surface area (Å²) in [5.41, 5.74) is 1.28. The van der Waals surface area contributed by atoms with Gasteiger partial charge in [-0.25, -0.2) is 4.39 Å². The van der Waals surface area contributed by atoms with Crippen LogP contribution in [-0.2, 0) is 22.6 Å². The molecule has 2 amide bonds.